The van der Waals surface area contributed by atoms with Gasteiger partial charge in [0.2, 0.25) is 0 Å². The SMILES string of the molecule is COC(=O)C1CC=C(c2ccc(C)cc2)C2(CC2)C1C(=O)OC. The molecule has 1 saturated carbocycles. The Balaban J connectivity index is 2.03. The predicted molar refractivity (Wildman–Crippen MR) is 86.5 cm³/mol. The molecule has 2 aliphatic rings. The molecule has 0 amide bonds. The molecule has 23 heavy (non-hydrogen) atoms. The minimum Gasteiger partial charge on any atom is -0.469 e. The fourth-order valence-electron chi connectivity index (χ4n) is 3.89. The van der Waals surface area contributed by atoms with Crippen molar-refractivity contribution < 1.29 is 19.1 Å². The van der Waals surface area contributed by atoms with Gasteiger partial charge in [-0.05, 0) is 37.3 Å². The summed E-state index contributed by atoms with van der Waals surface area (Å²) in [5, 5.41) is 0. The maximum atomic E-state index is 12.4. The van der Waals surface area contributed by atoms with Crippen LogP contribution in [-0.2, 0) is 19.1 Å². The van der Waals surface area contributed by atoms with E-state index in [-0.39, 0.29) is 17.4 Å². The molecule has 1 spiro atoms. The van der Waals surface area contributed by atoms with E-state index >= 15 is 0 Å². The lowest BCUT2D eigenvalue weighted by molar-refractivity contribution is -0.160. The zero-order valence-electron chi connectivity index (χ0n) is 13.8. The molecule has 0 radical (unpaired) electrons. The molecule has 0 heterocycles. The van der Waals surface area contributed by atoms with E-state index in [2.05, 4.69) is 37.3 Å². The van der Waals surface area contributed by atoms with E-state index in [0.717, 1.165) is 18.4 Å². The highest BCUT2D eigenvalue weighted by atomic mass is 16.5. The van der Waals surface area contributed by atoms with Gasteiger partial charge in [-0.3, -0.25) is 9.59 Å². The smallest absolute Gasteiger partial charge is 0.310 e. The lowest BCUT2D eigenvalue weighted by Crippen LogP contribution is -2.40. The minimum absolute atomic E-state index is 0.278. The molecule has 0 aromatic heterocycles. The molecule has 2 aliphatic carbocycles. The molecule has 122 valence electrons. The summed E-state index contributed by atoms with van der Waals surface area (Å²) in [5.41, 5.74) is 3.23. The molecule has 4 heteroatoms. The van der Waals surface area contributed by atoms with Crippen LogP contribution in [0.5, 0.6) is 0 Å². The normalized spacial score (nSPS) is 24.7. The summed E-state index contributed by atoms with van der Waals surface area (Å²) in [7, 11) is 2.76. The molecule has 1 aromatic carbocycles. The molecule has 3 rings (SSSR count). The van der Waals surface area contributed by atoms with Crippen LogP contribution in [0.1, 0.15) is 30.4 Å². The lowest BCUT2D eigenvalue weighted by Gasteiger charge is -2.36. The van der Waals surface area contributed by atoms with E-state index in [0.29, 0.717) is 6.42 Å². The summed E-state index contributed by atoms with van der Waals surface area (Å²) in [6, 6.07) is 8.33. The summed E-state index contributed by atoms with van der Waals surface area (Å²) in [6.45, 7) is 2.05. The Morgan fingerprint density at radius 2 is 1.65 bits per heavy atom. The van der Waals surface area contributed by atoms with Crippen LogP contribution >= 0.6 is 0 Å². The van der Waals surface area contributed by atoms with E-state index in [4.69, 9.17) is 9.47 Å². The van der Waals surface area contributed by atoms with Crippen LogP contribution < -0.4 is 0 Å². The Labute approximate surface area is 136 Å². The average Bonchev–Trinajstić information content (AvgIpc) is 3.34. The Morgan fingerprint density at radius 1 is 1.04 bits per heavy atom. The monoisotopic (exact) mass is 314 g/mol. The first-order valence-corrected chi connectivity index (χ1v) is 7.97. The van der Waals surface area contributed by atoms with E-state index in [1.165, 1.54) is 25.4 Å². The summed E-state index contributed by atoms with van der Waals surface area (Å²) in [6.07, 6.45) is 4.43. The quantitative estimate of drug-likeness (QED) is 0.804. The summed E-state index contributed by atoms with van der Waals surface area (Å²) in [4.78, 5) is 24.6. The molecule has 0 bridgehead atoms. The van der Waals surface area contributed by atoms with Crippen molar-refractivity contribution in [2.75, 3.05) is 14.2 Å². The molecule has 0 aliphatic heterocycles. The Hall–Kier alpha value is -2.10. The van der Waals surface area contributed by atoms with Gasteiger partial charge in [0.05, 0.1) is 26.1 Å². The van der Waals surface area contributed by atoms with E-state index in [1.807, 2.05) is 0 Å². The number of carbonyl (C=O) groups excluding carboxylic acids is 2. The zero-order chi connectivity index (χ0) is 16.6. The van der Waals surface area contributed by atoms with Gasteiger partial charge in [0.15, 0.2) is 0 Å². The fourth-order valence-corrected chi connectivity index (χ4v) is 3.89. The molecular weight excluding hydrogens is 292 g/mol. The Kier molecular flexibility index (Phi) is 4.00. The van der Waals surface area contributed by atoms with Gasteiger partial charge in [-0.15, -0.1) is 0 Å². The molecule has 0 saturated heterocycles. The first-order valence-electron chi connectivity index (χ1n) is 7.97. The fraction of sp³-hybridized carbons (Fsp3) is 0.474. The van der Waals surface area contributed by atoms with Crippen molar-refractivity contribution in [2.45, 2.75) is 26.2 Å². The second-order valence-corrected chi connectivity index (χ2v) is 6.51. The van der Waals surface area contributed by atoms with E-state index < -0.39 is 11.8 Å². The topological polar surface area (TPSA) is 52.6 Å². The highest BCUT2D eigenvalue weighted by Crippen LogP contribution is 2.65. The number of benzene rings is 1. The van der Waals surface area contributed by atoms with Crippen LogP contribution in [0.3, 0.4) is 0 Å². The standard InChI is InChI=1S/C19H22O4/c1-12-4-6-13(7-5-12)15-9-8-14(17(20)22-2)16(18(21)23-3)19(15)10-11-19/h4-7,9,14,16H,8,10-11H2,1-3H3. The van der Waals surface area contributed by atoms with Gasteiger partial charge in [-0.2, -0.15) is 0 Å². The van der Waals surface area contributed by atoms with E-state index in [9.17, 15) is 9.59 Å². The largest absolute Gasteiger partial charge is 0.469 e. The number of ether oxygens (including phenoxy) is 2. The number of aryl methyl sites for hydroxylation is 1. The Morgan fingerprint density at radius 3 is 2.17 bits per heavy atom. The van der Waals surface area contributed by atoms with Gasteiger partial charge >= 0.3 is 11.9 Å². The predicted octanol–water partition coefficient (Wildman–Crippen LogP) is 3.14. The Bertz CT molecular complexity index is 652. The lowest BCUT2D eigenvalue weighted by atomic mass is 9.67. The number of hydrogen-bond donors (Lipinski definition) is 0. The molecule has 2 unspecified atom stereocenters. The number of methoxy groups -OCH3 is 2. The highest BCUT2D eigenvalue weighted by molar-refractivity contribution is 5.89. The van der Waals surface area contributed by atoms with Crippen LogP contribution in [0.25, 0.3) is 5.57 Å². The van der Waals surface area contributed by atoms with Gasteiger partial charge < -0.3 is 9.47 Å². The van der Waals surface area contributed by atoms with Gasteiger partial charge in [0.25, 0.3) is 0 Å². The van der Waals surface area contributed by atoms with Crippen molar-refractivity contribution in [3.63, 3.8) is 0 Å². The van der Waals surface area contributed by atoms with Crippen molar-refractivity contribution in [3.05, 3.63) is 41.5 Å². The number of rotatable bonds is 3. The maximum Gasteiger partial charge on any atom is 0.310 e. The average molecular weight is 314 g/mol. The van der Waals surface area contributed by atoms with Crippen molar-refractivity contribution in [2.24, 2.45) is 17.3 Å². The van der Waals surface area contributed by atoms with Crippen molar-refractivity contribution in [1.82, 2.24) is 0 Å². The summed E-state index contributed by atoms with van der Waals surface area (Å²) >= 11 is 0. The third-order valence-electron chi connectivity index (χ3n) is 5.22. The van der Waals surface area contributed by atoms with Crippen LogP contribution in [-0.4, -0.2) is 26.2 Å². The summed E-state index contributed by atoms with van der Waals surface area (Å²) < 4.78 is 9.94. The van der Waals surface area contributed by atoms with Crippen LogP contribution in [0.2, 0.25) is 0 Å². The molecule has 1 aromatic rings. The van der Waals surface area contributed by atoms with Crippen molar-refractivity contribution in [3.8, 4) is 0 Å². The molecule has 2 atom stereocenters. The molecule has 0 N–H and O–H groups in total. The number of hydrogen-bond acceptors (Lipinski definition) is 4. The van der Waals surface area contributed by atoms with Crippen LogP contribution in [0.15, 0.2) is 30.3 Å². The number of allylic oxidation sites excluding steroid dienone is 2. The molecule has 4 nitrogen and oxygen atoms in total. The molecular formula is C19H22O4. The van der Waals surface area contributed by atoms with E-state index in [1.54, 1.807) is 0 Å². The third kappa shape index (κ3) is 2.56. The highest BCUT2D eigenvalue weighted by Gasteiger charge is 2.61. The first kappa shape index (κ1) is 15.8. The first-order chi connectivity index (χ1) is 11.0. The third-order valence-corrected chi connectivity index (χ3v) is 5.22. The van der Waals surface area contributed by atoms with Crippen molar-refractivity contribution >= 4 is 17.5 Å². The molecule has 1 fully saturated rings. The number of esters is 2. The summed E-state index contributed by atoms with van der Waals surface area (Å²) in [5.74, 6) is -1.55. The minimum atomic E-state index is -0.457. The van der Waals surface area contributed by atoms with Crippen molar-refractivity contribution in [1.29, 1.82) is 0 Å². The van der Waals surface area contributed by atoms with Crippen LogP contribution in [0.4, 0.5) is 0 Å². The maximum absolute atomic E-state index is 12.4. The van der Waals surface area contributed by atoms with Gasteiger partial charge in [-0.25, -0.2) is 0 Å². The zero-order valence-corrected chi connectivity index (χ0v) is 13.8. The van der Waals surface area contributed by atoms with Gasteiger partial charge in [0, 0.05) is 5.41 Å². The number of carbonyl (C=O) groups is 2. The second kappa shape index (κ2) is 5.84. The van der Waals surface area contributed by atoms with Crippen LogP contribution in [0, 0.1) is 24.2 Å². The van der Waals surface area contributed by atoms with Gasteiger partial charge in [-0.1, -0.05) is 35.9 Å². The second-order valence-electron chi connectivity index (χ2n) is 6.51. The van der Waals surface area contributed by atoms with Gasteiger partial charge in [0.1, 0.15) is 0 Å².